The van der Waals surface area contributed by atoms with Crippen LogP contribution in [0.2, 0.25) is 0 Å². The molecule has 2 aliphatic rings. The maximum absolute atomic E-state index is 12.1. The Labute approximate surface area is 116 Å². The average molecular weight is 268 g/mol. The summed E-state index contributed by atoms with van der Waals surface area (Å²) in [7, 11) is 0. The fraction of sp³-hybridized carbons (Fsp3) is 0.933. The van der Waals surface area contributed by atoms with Gasteiger partial charge in [0.05, 0.1) is 6.10 Å². The third-order valence-corrected chi connectivity index (χ3v) is 4.57. The van der Waals surface area contributed by atoms with Crippen LogP contribution in [0.5, 0.6) is 0 Å². The van der Waals surface area contributed by atoms with Crippen molar-refractivity contribution in [2.45, 2.75) is 51.6 Å². The third kappa shape index (κ3) is 4.46. The van der Waals surface area contributed by atoms with Gasteiger partial charge in [0.1, 0.15) is 0 Å². The summed E-state index contributed by atoms with van der Waals surface area (Å²) in [4.78, 5) is 16.5. The van der Waals surface area contributed by atoms with Gasteiger partial charge in [-0.1, -0.05) is 0 Å². The quantitative estimate of drug-likeness (QED) is 0.840. The fourth-order valence-corrected chi connectivity index (χ4v) is 3.24. The van der Waals surface area contributed by atoms with Crippen LogP contribution < -0.4 is 0 Å². The molecule has 0 aromatic rings. The molecule has 110 valence electrons. The molecule has 2 saturated heterocycles. The van der Waals surface area contributed by atoms with Gasteiger partial charge in [0.15, 0.2) is 0 Å². The molecule has 19 heavy (non-hydrogen) atoms. The van der Waals surface area contributed by atoms with E-state index >= 15 is 0 Å². The number of carbonyl (C=O) groups is 1. The second kappa shape index (κ2) is 7.25. The zero-order chi connectivity index (χ0) is 13.7. The van der Waals surface area contributed by atoms with Crippen LogP contribution in [0.1, 0.15) is 45.4 Å². The summed E-state index contributed by atoms with van der Waals surface area (Å²) >= 11 is 0. The second-order valence-electron chi connectivity index (χ2n) is 6.13. The number of hydrogen-bond donors (Lipinski definition) is 1. The highest BCUT2D eigenvalue weighted by Gasteiger charge is 2.24. The minimum atomic E-state index is -0.222. The lowest BCUT2D eigenvalue weighted by molar-refractivity contribution is -0.132. The predicted molar refractivity (Wildman–Crippen MR) is 75.9 cm³/mol. The summed E-state index contributed by atoms with van der Waals surface area (Å²) in [5.74, 6) is 0.706. The van der Waals surface area contributed by atoms with Crippen LogP contribution in [0.4, 0.5) is 0 Å². The summed E-state index contributed by atoms with van der Waals surface area (Å²) in [6.07, 6.45) is 6.29. The Morgan fingerprint density at radius 2 is 1.95 bits per heavy atom. The summed E-state index contributed by atoms with van der Waals surface area (Å²) in [5, 5.41) is 9.67. The first-order chi connectivity index (χ1) is 9.16. The lowest BCUT2D eigenvalue weighted by Gasteiger charge is -2.34. The van der Waals surface area contributed by atoms with Crippen LogP contribution in [0, 0.1) is 5.92 Å². The highest BCUT2D eigenvalue weighted by Crippen LogP contribution is 2.20. The van der Waals surface area contributed by atoms with E-state index in [0.29, 0.717) is 18.2 Å². The van der Waals surface area contributed by atoms with Crippen molar-refractivity contribution in [2.24, 2.45) is 5.92 Å². The van der Waals surface area contributed by atoms with Crippen molar-refractivity contribution < 1.29 is 9.90 Å². The first-order valence-electron chi connectivity index (χ1n) is 7.85. The van der Waals surface area contributed by atoms with Gasteiger partial charge in [0, 0.05) is 32.6 Å². The summed E-state index contributed by atoms with van der Waals surface area (Å²) in [6, 6.07) is 0. The number of aliphatic hydroxyl groups excluding tert-OH is 1. The van der Waals surface area contributed by atoms with Crippen molar-refractivity contribution in [3.8, 4) is 0 Å². The third-order valence-electron chi connectivity index (χ3n) is 4.57. The molecular formula is C15H28N2O2. The monoisotopic (exact) mass is 268 g/mol. The van der Waals surface area contributed by atoms with Crippen molar-refractivity contribution in [1.29, 1.82) is 0 Å². The second-order valence-corrected chi connectivity index (χ2v) is 6.13. The van der Waals surface area contributed by atoms with E-state index in [2.05, 4.69) is 4.90 Å². The molecule has 4 heteroatoms. The minimum Gasteiger partial charge on any atom is -0.393 e. The molecule has 1 N–H and O–H groups in total. The molecule has 4 nitrogen and oxygen atoms in total. The van der Waals surface area contributed by atoms with Crippen LogP contribution in [-0.4, -0.2) is 59.6 Å². The smallest absolute Gasteiger partial charge is 0.223 e. The van der Waals surface area contributed by atoms with Crippen molar-refractivity contribution in [3.63, 3.8) is 0 Å². The van der Waals surface area contributed by atoms with E-state index in [4.69, 9.17) is 0 Å². The number of likely N-dealkylation sites (tertiary alicyclic amines) is 2. The first-order valence-corrected chi connectivity index (χ1v) is 7.85. The number of aliphatic hydroxyl groups is 1. The zero-order valence-corrected chi connectivity index (χ0v) is 12.2. The SMILES string of the molecule is CC(O)C1CCCN(CCC(=O)N2CCCCC2)C1. The summed E-state index contributed by atoms with van der Waals surface area (Å²) in [6.45, 7) is 6.68. The van der Waals surface area contributed by atoms with E-state index in [0.717, 1.165) is 45.6 Å². The Bertz CT molecular complexity index is 288. The molecule has 2 fully saturated rings. The lowest BCUT2D eigenvalue weighted by Crippen LogP contribution is -2.42. The molecule has 0 aromatic heterocycles. The highest BCUT2D eigenvalue weighted by atomic mass is 16.3. The van der Waals surface area contributed by atoms with Gasteiger partial charge in [-0.25, -0.2) is 0 Å². The molecule has 0 spiro atoms. The number of nitrogens with zero attached hydrogens (tertiary/aromatic N) is 2. The topological polar surface area (TPSA) is 43.8 Å². The van der Waals surface area contributed by atoms with Crippen LogP contribution in [0.3, 0.4) is 0 Å². The Morgan fingerprint density at radius 1 is 1.21 bits per heavy atom. The number of piperidine rings is 2. The molecule has 0 aromatic carbocycles. The Kier molecular flexibility index (Phi) is 5.64. The van der Waals surface area contributed by atoms with E-state index in [1.807, 2.05) is 11.8 Å². The molecule has 2 rings (SSSR count). The maximum atomic E-state index is 12.1. The molecule has 1 amide bonds. The van der Waals surface area contributed by atoms with Gasteiger partial charge >= 0.3 is 0 Å². The molecule has 2 aliphatic heterocycles. The molecular weight excluding hydrogens is 240 g/mol. The van der Waals surface area contributed by atoms with Crippen molar-refractivity contribution in [2.75, 3.05) is 32.7 Å². The van der Waals surface area contributed by atoms with Gasteiger partial charge in [-0.05, 0) is 51.5 Å². The summed E-state index contributed by atoms with van der Waals surface area (Å²) in [5.41, 5.74) is 0. The van der Waals surface area contributed by atoms with Crippen LogP contribution in [-0.2, 0) is 4.79 Å². The van der Waals surface area contributed by atoms with Gasteiger partial charge in [-0.15, -0.1) is 0 Å². The molecule has 2 unspecified atom stereocenters. The largest absolute Gasteiger partial charge is 0.393 e. The van der Waals surface area contributed by atoms with Crippen LogP contribution in [0.15, 0.2) is 0 Å². The Morgan fingerprint density at radius 3 is 2.63 bits per heavy atom. The molecule has 0 radical (unpaired) electrons. The number of amides is 1. The van der Waals surface area contributed by atoms with Gasteiger partial charge in [0.2, 0.25) is 5.91 Å². The number of rotatable bonds is 4. The van der Waals surface area contributed by atoms with Crippen LogP contribution >= 0.6 is 0 Å². The molecule has 0 saturated carbocycles. The molecule has 0 bridgehead atoms. The molecule has 0 aliphatic carbocycles. The van der Waals surface area contributed by atoms with Gasteiger partial charge < -0.3 is 14.9 Å². The minimum absolute atomic E-state index is 0.222. The van der Waals surface area contributed by atoms with Gasteiger partial charge in [-0.2, -0.15) is 0 Å². The lowest BCUT2D eigenvalue weighted by atomic mass is 9.93. The molecule has 2 heterocycles. The standard InChI is InChI=1S/C15H28N2O2/c1-13(18)14-6-5-8-16(12-14)11-7-15(19)17-9-3-2-4-10-17/h13-14,18H,2-12H2,1H3. The summed E-state index contributed by atoms with van der Waals surface area (Å²) < 4.78 is 0. The van der Waals surface area contributed by atoms with E-state index in [1.165, 1.54) is 19.3 Å². The van der Waals surface area contributed by atoms with Crippen molar-refractivity contribution in [1.82, 2.24) is 9.80 Å². The number of hydrogen-bond acceptors (Lipinski definition) is 3. The Balaban J connectivity index is 1.70. The van der Waals surface area contributed by atoms with Crippen molar-refractivity contribution in [3.05, 3.63) is 0 Å². The normalized spacial score (nSPS) is 27.3. The Hall–Kier alpha value is -0.610. The molecule has 2 atom stereocenters. The fourth-order valence-electron chi connectivity index (χ4n) is 3.24. The van der Waals surface area contributed by atoms with E-state index in [-0.39, 0.29) is 6.10 Å². The predicted octanol–water partition coefficient (Wildman–Crippen LogP) is 1.48. The average Bonchev–Trinajstić information content (AvgIpc) is 2.46. The van der Waals surface area contributed by atoms with E-state index < -0.39 is 0 Å². The van der Waals surface area contributed by atoms with E-state index in [9.17, 15) is 9.90 Å². The highest BCUT2D eigenvalue weighted by molar-refractivity contribution is 5.76. The number of carbonyl (C=O) groups excluding carboxylic acids is 1. The van der Waals surface area contributed by atoms with Crippen molar-refractivity contribution >= 4 is 5.91 Å². The maximum Gasteiger partial charge on any atom is 0.223 e. The van der Waals surface area contributed by atoms with Crippen LogP contribution in [0.25, 0.3) is 0 Å². The van der Waals surface area contributed by atoms with Gasteiger partial charge in [0.25, 0.3) is 0 Å². The van der Waals surface area contributed by atoms with E-state index in [1.54, 1.807) is 0 Å². The zero-order valence-electron chi connectivity index (χ0n) is 12.2. The first kappa shape index (κ1) is 14.8. The van der Waals surface area contributed by atoms with Gasteiger partial charge in [-0.3, -0.25) is 4.79 Å².